The Hall–Kier alpha value is -1.44. The van der Waals surface area contributed by atoms with Crippen LogP contribution in [0.3, 0.4) is 0 Å². The van der Waals surface area contributed by atoms with Crippen molar-refractivity contribution in [3.8, 4) is 0 Å². The van der Waals surface area contributed by atoms with Crippen LogP contribution in [-0.2, 0) is 10.0 Å². The van der Waals surface area contributed by atoms with Gasteiger partial charge in [0.2, 0.25) is 0 Å². The van der Waals surface area contributed by atoms with Gasteiger partial charge in [-0.2, -0.15) is 8.42 Å². The molecule has 0 saturated carbocycles. The summed E-state index contributed by atoms with van der Waals surface area (Å²) in [5.41, 5.74) is 0.620. The van der Waals surface area contributed by atoms with Gasteiger partial charge in [-0.15, -0.1) is 4.40 Å². The fourth-order valence-electron chi connectivity index (χ4n) is 2.12. The summed E-state index contributed by atoms with van der Waals surface area (Å²) in [4.78, 5) is 3.33. The van der Waals surface area contributed by atoms with Crippen molar-refractivity contribution >= 4 is 15.9 Å². The summed E-state index contributed by atoms with van der Waals surface area (Å²) in [6.45, 7) is 1.81. The summed E-state index contributed by atoms with van der Waals surface area (Å²) in [5, 5.41) is 9.19. The van der Waals surface area contributed by atoms with Crippen molar-refractivity contribution in [2.24, 2.45) is 4.40 Å². The molecule has 1 aromatic rings. The van der Waals surface area contributed by atoms with Crippen LogP contribution in [0.4, 0.5) is 0 Å². The molecule has 0 amide bonds. The van der Waals surface area contributed by atoms with Gasteiger partial charge in [0.1, 0.15) is 4.90 Å². The Bertz CT molecular complexity index is 611. The van der Waals surface area contributed by atoms with Crippen LogP contribution >= 0.6 is 0 Å². The number of nitrogens with one attached hydrogen (secondary N) is 1. The molecule has 20 heavy (non-hydrogen) atoms. The van der Waals surface area contributed by atoms with Crippen LogP contribution in [0.25, 0.3) is 0 Å². The number of nitrogens with zero attached hydrogens (tertiary/aromatic N) is 2. The Labute approximate surface area is 119 Å². The largest absolute Gasteiger partial charge is 0.395 e. The highest BCUT2D eigenvalue weighted by Gasteiger charge is 2.31. The molecule has 2 rings (SSSR count). The van der Waals surface area contributed by atoms with Crippen LogP contribution in [0, 0.1) is 0 Å². The molecule has 0 bridgehead atoms. The molecule has 0 saturated heterocycles. The van der Waals surface area contributed by atoms with Crippen LogP contribution in [0.1, 0.15) is 5.56 Å². The van der Waals surface area contributed by atoms with Crippen LogP contribution in [-0.4, -0.2) is 64.6 Å². The maximum Gasteiger partial charge on any atom is 0.285 e. The van der Waals surface area contributed by atoms with Gasteiger partial charge >= 0.3 is 0 Å². The summed E-state index contributed by atoms with van der Waals surface area (Å²) in [7, 11) is 0.453. The Morgan fingerprint density at radius 2 is 1.95 bits per heavy atom. The number of fused-ring (bicyclic) bond motifs is 1. The highest BCUT2D eigenvalue weighted by molar-refractivity contribution is 7.90. The average Bonchev–Trinajstić information content (AvgIpc) is 2.67. The van der Waals surface area contributed by atoms with E-state index in [4.69, 9.17) is 0 Å². The lowest BCUT2D eigenvalue weighted by molar-refractivity contribution is -0.857. The normalized spacial score (nSPS) is 16.1. The maximum atomic E-state index is 12.0. The smallest absolute Gasteiger partial charge is 0.285 e. The van der Waals surface area contributed by atoms with Gasteiger partial charge in [-0.25, -0.2) is 0 Å². The summed E-state index contributed by atoms with van der Waals surface area (Å²) < 4.78 is 27.9. The number of sulfonamides is 1. The zero-order chi connectivity index (χ0) is 14.8. The lowest BCUT2D eigenvalue weighted by atomic mass is 10.2. The number of quaternary nitrogens is 1. The standard InChI is InChI=1S/C13H19N3O3S/c1-15(2)7-8-16(9-10-17)13-11-5-3-4-6-12(11)20(18,19)14-13/h3-6,17H,7-10H2,1-2H3/p+1. The van der Waals surface area contributed by atoms with Crippen molar-refractivity contribution in [2.45, 2.75) is 4.90 Å². The number of aliphatic hydroxyl groups excluding tert-OH is 1. The monoisotopic (exact) mass is 298 g/mol. The lowest BCUT2D eigenvalue weighted by Gasteiger charge is -2.24. The molecule has 7 heteroatoms. The predicted octanol–water partition coefficient (Wildman–Crippen LogP) is -1.43. The molecule has 110 valence electrons. The predicted molar refractivity (Wildman–Crippen MR) is 76.5 cm³/mol. The molecule has 0 fully saturated rings. The molecule has 0 spiro atoms. The molecule has 0 radical (unpaired) electrons. The Morgan fingerprint density at radius 3 is 2.60 bits per heavy atom. The molecular weight excluding hydrogens is 278 g/mol. The van der Waals surface area contributed by atoms with Gasteiger partial charge in [-0.1, -0.05) is 12.1 Å². The van der Waals surface area contributed by atoms with E-state index in [9.17, 15) is 13.5 Å². The van der Waals surface area contributed by atoms with E-state index < -0.39 is 10.0 Å². The van der Waals surface area contributed by atoms with Crippen LogP contribution < -0.4 is 4.90 Å². The number of likely N-dealkylation sites (N-methyl/N-ethyl adjacent to an activating group) is 1. The van der Waals surface area contributed by atoms with Crippen LogP contribution in [0.2, 0.25) is 0 Å². The SMILES string of the molecule is C[NH+](C)CCN(CCO)C1=NS(=O)(=O)c2ccccc21. The molecule has 1 aliphatic heterocycles. The molecule has 0 aromatic heterocycles. The molecule has 1 aliphatic rings. The quantitative estimate of drug-likeness (QED) is 0.699. The van der Waals surface area contributed by atoms with Crippen molar-refractivity contribution in [1.29, 1.82) is 0 Å². The maximum absolute atomic E-state index is 12.0. The topological polar surface area (TPSA) is 74.4 Å². The molecule has 0 atom stereocenters. The third-order valence-corrected chi connectivity index (χ3v) is 4.49. The number of aliphatic hydroxyl groups is 1. The minimum Gasteiger partial charge on any atom is -0.395 e. The van der Waals surface area contributed by atoms with Crippen molar-refractivity contribution < 1.29 is 18.4 Å². The van der Waals surface area contributed by atoms with E-state index in [1.54, 1.807) is 24.3 Å². The van der Waals surface area contributed by atoms with Gasteiger partial charge in [0, 0.05) is 12.1 Å². The van der Waals surface area contributed by atoms with E-state index in [2.05, 4.69) is 4.40 Å². The fraction of sp³-hybridized carbons (Fsp3) is 0.462. The number of benzene rings is 1. The second kappa shape index (κ2) is 5.90. The van der Waals surface area contributed by atoms with Gasteiger partial charge < -0.3 is 14.9 Å². The highest BCUT2D eigenvalue weighted by atomic mass is 32.2. The molecular formula is C13H20N3O3S+. The number of amidine groups is 1. The first-order chi connectivity index (χ1) is 9.45. The molecule has 1 aromatic carbocycles. The van der Waals surface area contributed by atoms with Crippen molar-refractivity contribution in [3.05, 3.63) is 29.8 Å². The van der Waals surface area contributed by atoms with Gasteiger partial charge in [-0.3, -0.25) is 0 Å². The fourth-order valence-corrected chi connectivity index (χ4v) is 3.35. The average molecular weight is 298 g/mol. The molecule has 0 unspecified atom stereocenters. The Balaban J connectivity index is 2.34. The zero-order valence-electron chi connectivity index (χ0n) is 11.7. The van der Waals surface area contributed by atoms with E-state index in [0.717, 1.165) is 6.54 Å². The van der Waals surface area contributed by atoms with Gasteiger partial charge in [0.05, 0.1) is 33.8 Å². The van der Waals surface area contributed by atoms with E-state index in [0.29, 0.717) is 24.5 Å². The number of hydrogen-bond acceptors (Lipinski definition) is 4. The van der Waals surface area contributed by atoms with Gasteiger partial charge in [0.25, 0.3) is 10.0 Å². The Kier molecular flexibility index (Phi) is 4.42. The minimum absolute atomic E-state index is 0.0377. The first-order valence-electron chi connectivity index (χ1n) is 6.55. The van der Waals surface area contributed by atoms with E-state index in [-0.39, 0.29) is 11.5 Å². The van der Waals surface area contributed by atoms with E-state index >= 15 is 0 Å². The number of hydrogen-bond donors (Lipinski definition) is 2. The van der Waals surface area contributed by atoms with Gasteiger partial charge in [-0.05, 0) is 12.1 Å². The first-order valence-corrected chi connectivity index (χ1v) is 7.99. The highest BCUT2D eigenvalue weighted by Crippen LogP contribution is 2.27. The summed E-state index contributed by atoms with van der Waals surface area (Å²) in [5.74, 6) is 0.441. The second-order valence-corrected chi connectivity index (χ2v) is 6.63. The number of rotatable bonds is 5. The molecule has 6 nitrogen and oxygen atoms in total. The zero-order valence-corrected chi connectivity index (χ0v) is 12.5. The molecule has 0 aliphatic carbocycles. The summed E-state index contributed by atoms with van der Waals surface area (Å²) in [6, 6.07) is 6.81. The second-order valence-electron chi connectivity index (χ2n) is 5.05. The molecule has 1 heterocycles. The third-order valence-electron chi connectivity index (χ3n) is 3.16. The van der Waals surface area contributed by atoms with Gasteiger partial charge in [0.15, 0.2) is 5.84 Å². The lowest BCUT2D eigenvalue weighted by Crippen LogP contribution is -3.06. The van der Waals surface area contributed by atoms with Crippen LogP contribution in [0.5, 0.6) is 0 Å². The van der Waals surface area contributed by atoms with Crippen molar-refractivity contribution in [2.75, 3.05) is 40.3 Å². The van der Waals surface area contributed by atoms with E-state index in [1.165, 1.54) is 4.90 Å². The first kappa shape index (κ1) is 15.0. The summed E-state index contributed by atoms with van der Waals surface area (Å²) in [6.07, 6.45) is 0. The van der Waals surface area contributed by atoms with Crippen molar-refractivity contribution in [1.82, 2.24) is 4.90 Å². The minimum atomic E-state index is -3.60. The third kappa shape index (κ3) is 3.00. The molecule has 2 N–H and O–H groups in total. The van der Waals surface area contributed by atoms with Crippen molar-refractivity contribution in [3.63, 3.8) is 0 Å². The Morgan fingerprint density at radius 1 is 1.25 bits per heavy atom. The summed E-state index contributed by atoms with van der Waals surface area (Å²) >= 11 is 0. The van der Waals surface area contributed by atoms with Crippen LogP contribution in [0.15, 0.2) is 33.6 Å². The van der Waals surface area contributed by atoms with E-state index in [1.807, 2.05) is 19.0 Å².